The van der Waals surface area contributed by atoms with Gasteiger partial charge in [-0.25, -0.2) is 0 Å². The van der Waals surface area contributed by atoms with Crippen LogP contribution in [0.2, 0.25) is 0 Å². The average Bonchev–Trinajstić information content (AvgIpc) is 2.95. The van der Waals surface area contributed by atoms with E-state index in [1.807, 2.05) is 0 Å². The second-order valence-corrected chi connectivity index (χ2v) is 10.2. The van der Waals surface area contributed by atoms with Gasteiger partial charge in [-0.15, -0.1) is 0 Å². The van der Waals surface area contributed by atoms with Crippen LogP contribution in [0.1, 0.15) is 72.6 Å². The van der Waals surface area contributed by atoms with E-state index in [1.54, 1.807) is 0 Å². The maximum Gasteiger partial charge on any atom is 0.307 e. The van der Waals surface area contributed by atoms with Gasteiger partial charge in [0.1, 0.15) is 6.10 Å². The van der Waals surface area contributed by atoms with Crippen molar-refractivity contribution in [1.82, 2.24) is 0 Å². The number of ether oxygens (including phenoxy) is 2. The van der Waals surface area contributed by atoms with Gasteiger partial charge in [0.2, 0.25) is 0 Å². The van der Waals surface area contributed by atoms with E-state index >= 15 is 0 Å². The third-order valence-electron chi connectivity index (χ3n) is 8.66. The molecule has 6 nitrogen and oxygen atoms in total. The summed E-state index contributed by atoms with van der Waals surface area (Å²) in [6.07, 6.45) is 5.42. The molecule has 0 radical (unpaired) electrons. The summed E-state index contributed by atoms with van der Waals surface area (Å²) in [5, 5.41) is 10.3. The van der Waals surface area contributed by atoms with Gasteiger partial charge in [-0.1, -0.05) is 26.0 Å². The van der Waals surface area contributed by atoms with Gasteiger partial charge in [-0.05, 0) is 67.6 Å². The molecule has 7 atom stereocenters. The van der Waals surface area contributed by atoms with E-state index < -0.39 is 11.9 Å². The number of esters is 2. The number of carbonyl (C=O) groups excluding carboxylic acids is 2. The van der Waals surface area contributed by atoms with Crippen LogP contribution in [0.25, 0.3) is 0 Å². The smallest absolute Gasteiger partial charge is 0.307 e. The molecule has 1 N–H and O–H groups in total. The van der Waals surface area contributed by atoms with Crippen molar-refractivity contribution in [1.29, 1.82) is 0 Å². The first-order chi connectivity index (χ1) is 14.0. The monoisotopic (exact) mass is 420 g/mol. The lowest BCUT2D eigenvalue weighted by Gasteiger charge is -2.55. The Morgan fingerprint density at radius 3 is 2.37 bits per heavy atom. The Kier molecular flexibility index (Phi) is 6.35. The summed E-state index contributed by atoms with van der Waals surface area (Å²) in [5.74, 6) is -1.75. The van der Waals surface area contributed by atoms with Crippen molar-refractivity contribution in [3.63, 3.8) is 0 Å². The quantitative estimate of drug-likeness (QED) is 0.525. The number of aliphatic carboxylic acids is 1. The Morgan fingerprint density at radius 2 is 1.77 bits per heavy atom. The summed E-state index contributed by atoms with van der Waals surface area (Å²) in [4.78, 5) is 35.5. The predicted molar refractivity (Wildman–Crippen MR) is 111 cm³/mol. The van der Waals surface area contributed by atoms with E-state index in [0.717, 1.165) is 32.1 Å². The zero-order valence-corrected chi connectivity index (χ0v) is 18.7. The zero-order chi connectivity index (χ0) is 22.3. The van der Waals surface area contributed by atoms with Crippen LogP contribution in [0.5, 0.6) is 0 Å². The lowest BCUT2D eigenvalue weighted by molar-refractivity contribution is -0.168. The summed E-state index contributed by atoms with van der Waals surface area (Å²) >= 11 is 0. The Morgan fingerprint density at radius 1 is 1.07 bits per heavy atom. The molecule has 0 aromatic rings. The number of carboxylic acid groups (broad SMARTS) is 1. The van der Waals surface area contributed by atoms with E-state index in [-0.39, 0.29) is 53.2 Å². The largest absolute Gasteiger partial charge is 0.481 e. The molecule has 168 valence electrons. The average molecular weight is 421 g/mol. The van der Waals surface area contributed by atoms with Gasteiger partial charge in [-0.3, -0.25) is 14.4 Å². The number of fused-ring (bicyclic) bond motifs is 1. The molecule has 0 spiro atoms. The van der Waals surface area contributed by atoms with Crippen molar-refractivity contribution >= 4 is 17.9 Å². The molecule has 0 bridgehead atoms. The lowest BCUT2D eigenvalue weighted by Crippen LogP contribution is -2.53. The molecule has 0 amide bonds. The Labute approximate surface area is 179 Å². The molecule has 3 rings (SSSR count). The van der Waals surface area contributed by atoms with Crippen LogP contribution in [0.15, 0.2) is 12.2 Å². The van der Waals surface area contributed by atoms with E-state index in [9.17, 15) is 19.5 Å². The van der Waals surface area contributed by atoms with Crippen LogP contribution in [0.4, 0.5) is 0 Å². The van der Waals surface area contributed by atoms with Crippen molar-refractivity contribution in [3.05, 3.63) is 12.2 Å². The Balaban J connectivity index is 1.91. The van der Waals surface area contributed by atoms with Crippen LogP contribution in [0, 0.1) is 34.5 Å². The highest BCUT2D eigenvalue weighted by Gasteiger charge is 2.59. The Bertz CT molecular complexity index is 729. The minimum atomic E-state index is -0.722. The minimum Gasteiger partial charge on any atom is -0.481 e. The number of hydrogen-bond donors (Lipinski definition) is 1. The Hall–Kier alpha value is -1.85. The first-order valence-corrected chi connectivity index (χ1v) is 11.2. The second kappa shape index (κ2) is 8.35. The molecular formula is C24H36O6. The topological polar surface area (TPSA) is 89.9 Å². The van der Waals surface area contributed by atoms with Crippen molar-refractivity contribution in [2.24, 2.45) is 34.5 Å². The van der Waals surface area contributed by atoms with Crippen molar-refractivity contribution < 1.29 is 29.0 Å². The predicted octanol–water partition coefficient (Wildman–Crippen LogP) is 4.37. The van der Waals surface area contributed by atoms with Crippen molar-refractivity contribution in [2.45, 2.75) is 78.7 Å². The van der Waals surface area contributed by atoms with Gasteiger partial charge in [0.25, 0.3) is 0 Å². The molecule has 0 unspecified atom stereocenters. The van der Waals surface area contributed by atoms with Gasteiger partial charge in [0.05, 0.1) is 12.5 Å². The highest BCUT2D eigenvalue weighted by molar-refractivity contribution is 5.72. The molecule has 30 heavy (non-hydrogen) atoms. The number of carboxylic acids is 1. The third-order valence-corrected chi connectivity index (χ3v) is 8.66. The summed E-state index contributed by atoms with van der Waals surface area (Å²) in [5.41, 5.74) is 0.800. The molecular weight excluding hydrogens is 384 g/mol. The van der Waals surface area contributed by atoms with Gasteiger partial charge in [-0.2, -0.15) is 0 Å². The first kappa shape index (κ1) is 22.8. The fourth-order valence-electron chi connectivity index (χ4n) is 6.82. The molecule has 0 aliphatic heterocycles. The van der Waals surface area contributed by atoms with Gasteiger partial charge >= 0.3 is 17.9 Å². The molecule has 0 aromatic heterocycles. The molecule has 0 saturated heterocycles. The number of carbonyl (C=O) groups is 3. The molecule has 0 aromatic carbocycles. The molecule has 6 heteroatoms. The minimum absolute atomic E-state index is 0.00203. The first-order valence-electron chi connectivity index (χ1n) is 11.2. The van der Waals surface area contributed by atoms with Crippen LogP contribution >= 0.6 is 0 Å². The lowest BCUT2D eigenvalue weighted by atomic mass is 9.49. The van der Waals surface area contributed by atoms with Crippen molar-refractivity contribution in [3.8, 4) is 0 Å². The molecule has 0 heterocycles. The maximum absolute atomic E-state index is 12.5. The molecule has 3 aliphatic carbocycles. The summed E-state index contributed by atoms with van der Waals surface area (Å²) in [7, 11) is 0. The zero-order valence-electron chi connectivity index (χ0n) is 18.7. The van der Waals surface area contributed by atoms with Crippen molar-refractivity contribution in [2.75, 3.05) is 6.61 Å². The second-order valence-electron chi connectivity index (χ2n) is 10.2. The van der Waals surface area contributed by atoms with E-state index in [2.05, 4.69) is 20.4 Å². The van der Waals surface area contributed by atoms with E-state index in [1.165, 1.54) is 19.4 Å². The number of hydrogen-bond acceptors (Lipinski definition) is 5. The summed E-state index contributed by atoms with van der Waals surface area (Å²) < 4.78 is 10.9. The fraction of sp³-hybridized carbons (Fsp3) is 0.792. The third kappa shape index (κ3) is 4.02. The van der Waals surface area contributed by atoms with Gasteiger partial charge in [0.15, 0.2) is 0 Å². The SMILES string of the molecule is C=C1CC[C@H]2[C@H](C(=O)O)[C@@H]([C@]3(C)CC[C@H](OC(C)=O)C[C@H]3COC(C)=O)CC[C@]12C. The van der Waals surface area contributed by atoms with Crippen LogP contribution < -0.4 is 0 Å². The van der Waals surface area contributed by atoms with E-state index in [4.69, 9.17) is 9.47 Å². The van der Waals surface area contributed by atoms with E-state index in [0.29, 0.717) is 12.8 Å². The fourth-order valence-corrected chi connectivity index (χ4v) is 6.82. The molecule has 3 saturated carbocycles. The molecule has 3 aliphatic rings. The van der Waals surface area contributed by atoms with Crippen LogP contribution in [0.3, 0.4) is 0 Å². The van der Waals surface area contributed by atoms with Crippen LogP contribution in [-0.4, -0.2) is 35.7 Å². The van der Waals surface area contributed by atoms with Gasteiger partial charge < -0.3 is 14.6 Å². The maximum atomic E-state index is 12.5. The normalized spacial score (nSPS) is 41.1. The number of rotatable bonds is 5. The highest BCUT2D eigenvalue weighted by atomic mass is 16.5. The van der Waals surface area contributed by atoms with Gasteiger partial charge in [0, 0.05) is 19.8 Å². The highest BCUT2D eigenvalue weighted by Crippen LogP contribution is 2.63. The number of allylic oxidation sites excluding steroid dienone is 1. The molecule has 3 fully saturated rings. The standard InChI is InChI=1S/C24H36O6/c1-14-6-7-19-21(22(27)28)20(9-11-23(14,19)4)24(5)10-8-18(30-16(3)26)12-17(24)13-29-15(2)25/h17-21H,1,6-13H2,2-5H3,(H,27,28)/t17-,18-,19-,20-,21-,23+,24+/m0/s1. The summed E-state index contributed by atoms with van der Waals surface area (Å²) in [6, 6.07) is 0. The van der Waals surface area contributed by atoms with Crippen LogP contribution in [-0.2, 0) is 23.9 Å². The summed E-state index contributed by atoms with van der Waals surface area (Å²) in [6.45, 7) is 11.6.